The van der Waals surface area contributed by atoms with Crippen molar-refractivity contribution in [1.29, 1.82) is 0 Å². The molecular weight excluding hydrogens is 326 g/mol. The maximum absolute atomic E-state index is 10.9. The fourth-order valence-electron chi connectivity index (χ4n) is 2.16. The quantitative estimate of drug-likeness (QED) is 0.690. The van der Waals surface area contributed by atoms with E-state index >= 15 is 0 Å². The van der Waals surface area contributed by atoms with Crippen LogP contribution in [0.15, 0.2) is 36.4 Å². The highest BCUT2D eigenvalue weighted by Crippen LogP contribution is 2.24. The molecule has 2 aromatic rings. The van der Waals surface area contributed by atoms with E-state index in [1.807, 2.05) is 18.2 Å². The van der Waals surface area contributed by atoms with Gasteiger partial charge >= 0.3 is 11.9 Å². The van der Waals surface area contributed by atoms with Crippen molar-refractivity contribution in [2.75, 3.05) is 13.7 Å². The van der Waals surface area contributed by atoms with Crippen LogP contribution in [0.1, 0.15) is 18.9 Å². The molecule has 134 valence electrons. The lowest BCUT2D eigenvalue weighted by Gasteiger charge is -2.08. The summed E-state index contributed by atoms with van der Waals surface area (Å²) in [6, 6.07) is 12.3. The number of methoxy groups -OCH3 is 1. The third-order valence-electron chi connectivity index (χ3n) is 3.25. The van der Waals surface area contributed by atoms with E-state index < -0.39 is 18.4 Å². The van der Waals surface area contributed by atoms with Crippen molar-refractivity contribution in [2.45, 2.75) is 19.8 Å². The second-order valence-electron chi connectivity index (χ2n) is 5.20. The van der Waals surface area contributed by atoms with E-state index in [0.29, 0.717) is 6.54 Å². The number of carbonyl (C=O) groups excluding carboxylic acids is 1. The molecule has 1 amide bonds. The largest absolute Gasteiger partial charge is 0.497 e. The lowest BCUT2D eigenvalue weighted by molar-refractivity contribution is -0.147. The Labute approximate surface area is 145 Å². The lowest BCUT2D eigenvalue weighted by Crippen LogP contribution is -2.22. The summed E-state index contributed by atoms with van der Waals surface area (Å²) in [6.07, 6.45) is 0.0179. The number of carboxylic acids is 2. The molecule has 7 heteroatoms. The standard InChI is InChI=1S/C15H17NO2.C3H4O4/c1-11(17)16-9-8-13-5-3-4-12-6-7-14(18-2)10-15(12)13;4-2(5)1-3(6)7/h3-7,10H,8-9H2,1-2H3,(H,16,17);1H2,(H,4,5)(H,6,7). The smallest absolute Gasteiger partial charge is 0.314 e. The number of carbonyl (C=O) groups is 3. The second-order valence-corrected chi connectivity index (χ2v) is 5.20. The van der Waals surface area contributed by atoms with Crippen LogP contribution in [-0.2, 0) is 20.8 Å². The number of rotatable bonds is 6. The van der Waals surface area contributed by atoms with Gasteiger partial charge in [-0.15, -0.1) is 0 Å². The van der Waals surface area contributed by atoms with Crippen LogP contribution in [0, 0.1) is 0 Å². The average Bonchev–Trinajstić information content (AvgIpc) is 2.53. The number of carboxylic acid groups (broad SMARTS) is 2. The van der Waals surface area contributed by atoms with E-state index in [4.69, 9.17) is 14.9 Å². The van der Waals surface area contributed by atoms with Gasteiger partial charge in [-0.05, 0) is 34.9 Å². The minimum Gasteiger partial charge on any atom is -0.497 e. The highest BCUT2D eigenvalue weighted by molar-refractivity contribution is 5.89. The summed E-state index contributed by atoms with van der Waals surface area (Å²) in [6.45, 7) is 2.19. The molecule has 3 N–H and O–H groups in total. The number of benzene rings is 2. The average molecular weight is 347 g/mol. The van der Waals surface area contributed by atoms with Crippen molar-refractivity contribution in [2.24, 2.45) is 0 Å². The molecule has 0 aliphatic heterocycles. The summed E-state index contributed by atoms with van der Waals surface area (Å²) in [5, 5.41) is 20.6. The Balaban J connectivity index is 0.000000381. The van der Waals surface area contributed by atoms with Gasteiger partial charge in [-0.2, -0.15) is 0 Å². The van der Waals surface area contributed by atoms with Crippen molar-refractivity contribution in [3.05, 3.63) is 42.0 Å². The molecule has 0 radical (unpaired) electrons. The molecular formula is C18H21NO6. The Kier molecular flexibility index (Phi) is 7.92. The van der Waals surface area contributed by atoms with Crippen LogP contribution >= 0.6 is 0 Å². The molecule has 25 heavy (non-hydrogen) atoms. The molecule has 7 nitrogen and oxygen atoms in total. The van der Waals surface area contributed by atoms with Crippen LogP contribution < -0.4 is 10.1 Å². The fourth-order valence-corrected chi connectivity index (χ4v) is 2.16. The van der Waals surface area contributed by atoms with Gasteiger partial charge in [-0.1, -0.05) is 24.3 Å². The maximum Gasteiger partial charge on any atom is 0.314 e. The Morgan fingerprint density at radius 3 is 2.28 bits per heavy atom. The van der Waals surface area contributed by atoms with Crippen molar-refractivity contribution >= 4 is 28.6 Å². The molecule has 0 spiro atoms. The molecule has 0 bridgehead atoms. The second kappa shape index (κ2) is 9.92. The van der Waals surface area contributed by atoms with Gasteiger partial charge in [0.15, 0.2) is 0 Å². The number of fused-ring (bicyclic) bond motifs is 1. The SMILES string of the molecule is COc1ccc2cccc(CCNC(C)=O)c2c1.O=C(O)CC(=O)O. The summed E-state index contributed by atoms with van der Waals surface area (Å²) in [7, 11) is 1.67. The van der Waals surface area contributed by atoms with Crippen LogP contribution in [0.2, 0.25) is 0 Å². The molecule has 0 aromatic heterocycles. The van der Waals surface area contributed by atoms with E-state index in [0.717, 1.165) is 12.2 Å². The number of aliphatic carboxylic acids is 2. The number of ether oxygens (including phenoxy) is 1. The van der Waals surface area contributed by atoms with E-state index in [-0.39, 0.29) is 5.91 Å². The zero-order chi connectivity index (χ0) is 18.8. The van der Waals surface area contributed by atoms with Gasteiger partial charge in [-0.3, -0.25) is 14.4 Å². The van der Waals surface area contributed by atoms with Crippen molar-refractivity contribution < 1.29 is 29.3 Å². The normalized spacial score (nSPS) is 9.68. The summed E-state index contributed by atoms with van der Waals surface area (Å²) in [5.74, 6) is -1.76. The summed E-state index contributed by atoms with van der Waals surface area (Å²) in [4.78, 5) is 29.7. The fraction of sp³-hybridized carbons (Fsp3) is 0.278. The summed E-state index contributed by atoms with van der Waals surface area (Å²) >= 11 is 0. The molecule has 2 aromatic carbocycles. The van der Waals surface area contributed by atoms with E-state index in [2.05, 4.69) is 23.5 Å². The van der Waals surface area contributed by atoms with Gasteiger partial charge in [0.1, 0.15) is 12.2 Å². The first-order valence-electron chi connectivity index (χ1n) is 7.57. The van der Waals surface area contributed by atoms with Crippen molar-refractivity contribution in [1.82, 2.24) is 5.32 Å². The van der Waals surface area contributed by atoms with Gasteiger partial charge in [0.25, 0.3) is 0 Å². The van der Waals surface area contributed by atoms with Crippen LogP contribution in [0.4, 0.5) is 0 Å². The monoisotopic (exact) mass is 347 g/mol. The number of nitrogens with one attached hydrogen (secondary N) is 1. The molecule has 0 aliphatic rings. The molecule has 0 heterocycles. The minimum absolute atomic E-state index is 0.00724. The van der Waals surface area contributed by atoms with E-state index in [1.165, 1.54) is 23.3 Å². The maximum atomic E-state index is 10.9. The Bertz CT molecular complexity index is 744. The first kappa shape index (κ1) is 20.0. The first-order chi connectivity index (χ1) is 11.8. The van der Waals surface area contributed by atoms with Gasteiger partial charge in [-0.25, -0.2) is 0 Å². The molecule has 0 saturated carbocycles. The molecule has 0 saturated heterocycles. The zero-order valence-corrected chi connectivity index (χ0v) is 14.1. The number of amides is 1. The predicted molar refractivity (Wildman–Crippen MR) is 92.8 cm³/mol. The highest BCUT2D eigenvalue weighted by atomic mass is 16.5. The van der Waals surface area contributed by atoms with Crippen LogP contribution in [0.3, 0.4) is 0 Å². The predicted octanol–water partition coefficient (Wildman–Crippen LogP) is 2.07. The van der Waals surface area contributed by atoms with Crippen LogP contribution in [0.5, 0.6) is 5.75 Å². The summed E-state index contributed by atoms with van der Waals surface area (Å²) < 4.78 is 5.25. The van der Waals surface area contributed by atoms with Crippen molar-refractivity contribution in [3.63, 3.8) is 0 Å². The Morgan fingerprint density at radius 2 is 1.76 bits per heavy atom. The van der Waals surface area contributed by atoms with E-state index in [1.54, 1.807) is 7.11 Å². The highest BCUT2D eigenvalue weighted by Gasteiger charge is 2.03. The number of hydrogen-bond acceptors (Lipinski definition) is 4. The first-order valence-corrected chi connectivity index (χ1v) is 7.57. The molecule has 0 atom stereocenters. The van der Waals surface area contributed by atoms with Gasteiger partial charge < -0.3 is 20.3 Å². The van der Waals surface area contributed by atoms with Crippen molar-refractivity contribution in [3.8, 4) is 5.75 Å². The zero-order valence-electron chi connectivity index (χ0n) is 14.1. The molecule has 0 aliphatic carbocycles. The van der Waals surface area contributed by atoms with Gasteiger partial charge in [0.2, 0.25) is 5.91 Å². The minimum atomic E-state index is -1.31. The Hall–Kier alpha value is -3.09. The van der Waals surface area contributed by atoms with Crippen LogP contribution in [0.25, 0.3) is 10.8 Å². The molecule has 0 fully saturated rings. The van der Waals surface area contributed by atoms with Gasteiger partial charge in [0, 0.05) is 13.5 Å². The van der Waals surface area contributed by atoms with E-state index in [9.17, 15) is 14.4 Å². The Morgan fingerprint density at radius 1 is 1.08 bits per heavy atom. The topological polar surface area (TPSA) is 113 Å². The third-order valence-corrected chi connectivity index (χ3v) is 3.25. The molecule has 0 unspecified atom stereocenters. The molecule has 2 rings (SSSR count). The van der Waals surface area contributed by atoms with Gasteiger partial charge in [0.05, 0.1) is 7.11 Å². The van der Waals surface area contributed by atoms with Crippen LogP contribution in [-0.4, -0.2) is 41.7 Å². The number of hydrogen-bond donors (Lipinski definition) is 3. The summed E-state index contributed by atoms with van der Waals surface area (Å²) in [5.41, 5.74) is 1.22. The third kappa shape index (κ3) is 7.34. The lowest BCUT2D eigenvalue weighted by atomic mass is 10.0.